The third kappa shape index (κ3) is 4.40. The number of rotatable bonds is 5. The molecule has 0 aliphatic carbocycles. The second-order valence-corrected chi connectivity index (χ2v) is 6.27. The summed E-state index contributed by atoms with van der Waals surface area (Å²) in [6.07, 6.45) is 0. The third-order valence-corrected chi connectivity index (χ3v) is 4.47. The normalized spacial score (nSPS) is 11.0. The van der Waals surface area contributed by atoms with Crippen LogP contribution in [0.2, 0.25) is 0 Å². The van der Waals surface area contributed by atoms with E-state index in [0.29, 0.717) is 5.52 Å². The summed E-state index contributed by atoms with van der Waals surface area (Å²) in [6.45, 7) is -2.80. The number of nitrogens with one attached hydrogen (secondary N) is 2. The van der Waals surface area contributed by atoms with Crippen LogP contribution < -0.4 is 10.9 Å². The predicted octanol–water partition coefficient (Wildman–Crippen LogP) is 3.12. The number of hydrazine groups is 1. The number of thioether (sulfide) groups is 1. The molecule has 140 valence electrons. The first-order chi connectivity index (χ1) is 13.0. The van der Waals surface area contributed by atoms with Crippen LogP contribution >= 0.6 is 11.8 Å². The molecule has 0 bridgehead atoms. The number of amides is 2. The van der Waals surface area contributed by atoms with Crippen LogP contribution in [0, 0.1) is 5.82 Å². The van der Waals surface area contributed by atoms with Gasteiger partial charge in [-0.2, -0.15) is 8.78 Å². The van der Waals surface area contributed by atoms with Crippen molar-refractivity contribution in [2.75, 3.05) is 5.75 Å². The lowest BCUT2D eigenvalue weighted by molar-refractivity contribution is -0.119. The highest BCUT2D eigenvalue weighted by Gasteiger charge is 2.19. The molecule has 1 aromatic heterocycles. The van der Waals surface area contributed by atoms with Gasteiger partial charge in [0, 0.05) is 5.56 Å². The molecule has 0 saturated carbocycles. The molecule has 6 nitrogen and oxygen atoms in total. The van der Waals surface area contributed by atoms with Gasteiger partial charge in [0.25, 0.3) is 5.91 Å². The van der Waals surface area contributed by atoms with Crippen LogP contribution in [-0.2, 0) is 4.79 Å². The molecule has 2 N–H and O–H groups in total. The number of carbonyl (C=O) groups is 2. The van der Waals surface area contributed by atoms with E-state index in [4.69, 9.17) is 0 Å². The maximum atomic E-state index is 13.3. The molecule has 2 amide bonds. The highest BCUT2D eigenvalue weighted by molar-refractivity contribution is 7.99. The van der Waals surface area contributed by atoms with E-state index in [0.717, 1.165) is 28.5 Å². The van der Waals surface area contributed by atoms with Gasteiger partial charge in [-0.3, -0.25) is 25.0 Å². The molecule has 2 aromatic carbocycles. The smallest absolute Gasteiger partial charge is 0.272 e. The minimum absolute atomic E-state index is 0.00814. The number of imidazole rings is 1. The second kappa shape index (κ2) is 8.12. The van der Waals surface area contributed by atoms with Gasteiger partial charge in [0.2, 0.25) is 5.91 Å². The lowest BCUT2D eigenvalue weighted by Crippen LogP contribution is -2.42. The molecule has 1 heterocycles. The Hall–Kier alpha value is -3.01. The molecule has 0 atom stereocenters. The van der Waals surface area contributed by atoms with Crippen molar-refractivity contribution in [1.29, 1.82) is 0 Å². The average molecular weight is 394 g/mol. The number of fused-ring (bicyclic) bond motifs is 1. The zero-order valence-corrected chi connectivity index (χ0v) is 14.5. The Balaban J connectivity index is 1.59. The molecule has 0 radical (unpaired) electrons. The Labute approximate surface area is 155 Å². The Bertz CT molecular complexity index is 976. The van der Waals surface area contributed by atoms with Gasteiger partial charge in [-0.05, 0) is 36.4 Å². The summed E-state index contributed by atoms with van der Waals surface area (Å²) in [6, 6.07) is 11.2. The maximum Gasteiger partial charge on any atom is 0.321 e. The summed E-state index contributed by atoms with van der Waals surface area (Å²) in [7, 11) is 0. The zero-order chi connectivity index (χ0) is 19.4. The molecule has 3 rings (SSSR count). The number of alkyl halides is 2. The van der Waals surface area contributed by atoms with Crippen LogP contribution in [0.25, 0.3) is 11.0 Å². The van der Waals surface area contributed by atoms with E-state index < -0.39 is 24.2 Å². The fourth-order valence-electron chi connectivity index (χ4n) is 2.28. The Morgan fingerprint density at radius 3 is 2.48 bits per heavy atom. The largest absolute Gasteiger partial charge is 0.321 e. The number of halogens is 3. The minimum Gasteiger partial charge on any atom is -0.272 e. The van der Waals surface area contributed by atoms with Gasteiger partial charge < -0.3 is 0 Å². The third-order valence-electron chi connectivity index (χ3n) is 3.51. The summed E-state index contributed by atoms with van der Waals surface area (Å²) in [5, 5.41) is -0.00814. The molecule has 10 heteroatoms. The summed E-state index contributed by atoms with van der Waals surface area (Å²) in [5.74, 6) is -1.97. The maximum absolute atomic E-state index is 13.3. The minimum atomic E-state index is -2.80. The number of nitrogens with zero attached hydrogens (tertiary/aromatic N) is 2. The van der Waals surface area contributed by atoms with Gasteiger partial charge in [-0.25, -0.2) is 9.37 Å². The molecule has 0 aliphatic rings. The summed E-state index contributed by atoms with van der Waals surface area (Å²) < 4.78 is 40.2. The molecule has 0 spiro atoms. The average Bonchev–Trinajstić information content (AvgIpc) is 3.03. The highest BCUT2D eigenvalue weighted by atomic mass is 32.2. The van der Waals surface area contributed by atoms with E-state index in [1.165, 1.54) is 18.2 Å². The van der Waals surface area contributed by atoms with Crippen LogP contribution in [0.3, 0.4) is 0 Å². The van der Waals surface area contributed by atoms with Gasteiger partial charge in [-0.15, -0.1) is 0 Å². The van der Waals surface area contributed by atoms with Crippen LogP contribution in [-0.4, -0.2) is 27.1 Å². The highest BCUT2D eigenvalue weighted by Crippen LogP contribution is 2.28. The van der Waals surface area contributed by atoms with Crippen molar-refractivity contribution in [1.82, 2.24) is 20.4 Å². The monoisotopic (exact) mass is 394 g/mol. The van der Waals surface area contributed by atoms with Gasteiger partial charge in [0.05, 0.1) is 16.8 Å². The van der Waals surface area contributed by atoms with E-state index >= 15 is 0 Å². The van der Waals surface area contributed by atoms with Crippen molar-refractivity contribution in [3.8, 4) is 0 Å². The standard InChI is InChI=1S/C17H13F3N4O2S/c18-11-7-5-10(6-8-11)15(26)23-22-14(25)9-27-17-21-12-3-1-2-4-13(12)24(17)16(19)20/h1-8,16H,9H2,(H,22,25)(H,23,26). The fourth-order valence-corrected chi connectivity index (χ4v) is 3.09. The van der Waals surface area contributed by atoms with Crippen LogP contribution in [0.5, 0.6) is 0 Å². The number of hydrogen-bond donors (Lipinski definition) is 2. The van der Waals surface area contributed by atoms with Gasteiger partial charge in [0.1, 0.15) is 5.82 Å². The molecule has 0 aliphatic heterocycles. The summed E-state index contributed by atoms with van der Waals surface area (Å²) in [4.78, 5) is 27.8. The van der Waals surface area contributed by atoms with Gasteiger partial charge in [-0.1, -0.05) is 23.9 Å². The van der Waals surface area contributed by atoms with Crippen molar-refractivity contribution in [2.45, 2.75) is 11.7 Å². The molecule has 0 fully saturated rings. The van der Waals surface area contributed by atoms with Gasteiger partial charge >= 0.3 is 6.55 Å². The van der Waals surface area contributed by atoms with Crippen molar-refractivity contribution in [3.05, 3.63) is 59.9 Å². The molecule has 27 heavy (non-hydrogen) atoms. The molecular formula is C17H13F3N4O2S. The fraction of sp³-hybridized carbons (Fsp3) is 0.118. The molecule has 3 aromatic rings. The number of carbonyl (C=O) groups excluding carboxylic acids is 2. The van der Waals surface area contributed by atoms with E-state index in [1.54, 1.807) is 18.2 Å². The number of benzene rings is 2. The van der Waals surface area contributed by atoms with Crippen molar-refractivity contribution in [2.24, 2.45) is 0 Å². The van der Waals surface area contributed by atoms with Crippen molar-refractivity contribution < 1.29 is 22.8 Å². The lowest BCUT2D eigenvalue weighted by Gasteiger charge is -2.09. The van der Waals surface area contributed by atoms with Gasteiger partial charge in [0.15, 0.2) is 5.16 Å². The molecular weight excluding hydrogens is 381 g/mol. The van der Waals surface area contributed by atoms with Crippen molar-refractivity contribution >= 4 is 34.6 Å². The number of hydrogen-bond acceptors (Lipinski definition) is 4. The van der Waals surface area contributed by atoms with E-state index in [1.807, 2.05) is 0 Å². The van der Waals surface area contributed by atoms with E-state index in [9.17, 15) is 22.8 Å². The van der Waals surface area contributed by atoms with Crippen LogP contribution in [0.15, 0.2) is 53.7 Å². The molecule has 0 unspecified atom stereocenters. The Kier molecular flexibility index (Phi) is 5.65. The van der Waals surface area contributed by atoms with Crippen LogP contribution in [0.4, 0.5) is 13.2 Å². The SMILES string of the molecule is O=C(CSc1nc2ccccc2n1C(F)F)NNC(=O)c1ccc(F)cc1. The Morgan fingerprint density at radius 1 is 1.07 bits per heavy atom. The second-order valence-electron chi connectivity index (χ2n) is 5.33. The van der Waals surface area contributed by atoms with E-state index in [-0.39, 0.29) is 22.0 Å². The first-order valence-electron chi connectivity index (χ1n) is 7.68. The molecule has 0 saturated heterocycles. The lowest BCUT2D eigenvalue weighted by atomic mass is 10.2. The first-order valence-corrected chi connectivity index (χ1v) is 8.67. The summed E-state index contributed by atoms with van der Waals surface area (Å²) in [5.41, 5.74) is 5.15. The summed E-state index contributed by atoms with van der Waals surface area (Å²) >= 11 is 0.818. The van der Waals surface area contributed by atoms with Crippen molar-refractivity contribution in [3.63, 3.8) is 0 Å². The number of aromatic nitrogens is 2. The van der Waals surface area contributed by atoms with Crippen LogP contribution in [0.1, 0.15) is 16.9 Å². The number of para-hydroxylation sites is 2. The topological polar surface area (TPSA) is 76.0 Å². The zero-order valence-electron chi connectivity index (χ0n) is 13.7. The quantitative estimate of drug-likeness (QED) is 0.515. The Morgan fingerprint density at radius 2 is 1.78 bits per heavy atom. The predicted molar refractivity (Wildman–Crippen MR) is 93.7 cm³/mol. The van der Waals surface area contributed by atoms with E-state index in [2.05, 4.69) is 15.8 Å². The first kappa shape index (κ1) is 18.8.